The summed E-state index contributed by atoms with van der Waals surface area (Å²) in [4.78, 5) is 5.29. The first-order valence-electron chi connectivity index (χ1n) is 8.34. The summed E-state index contributed by atoms with van der Waals surface area (Å²) in [6.45, 7) is -0.356. The predicted octanol–water partition coefficient (Wildman–Crippen LogP) is 3.25. The SMILES string of the molecule is CN1OCC(S(=O)(=O)NCc2cccc(F)c2)C1c1cccc(C(F)(F)F)c1. The summed E-state index contributed by atoms with van der Waals surface area (Å²) < 4.78 is 80.2. The third-order valence-corrected chi connectivity index (χ3v) is 6.24. The van der Waals surface area contributed by atoms with Gasteiger partial charge in [0.05, 0.1) is 18.2 Å². The van der Waals surface area contributed by atoms with E-state index in [9.17, 15) is 26.0 Å². The molecule has 2 unspecified atom stereocenters. The van der Waals surface area contributed by atoms with Crippen molar-refractivity contribution in [2.24, 2.45) is 0 Å². The molecule has 0 aliphatic carbocycles. The molecule has 10 heteroatoms. The Balaban J connectivity index is 1.84. The second-order valence-electron chi connectivity index (χ2n) is 6.44. The van der Waals surface area contributed by atoms with Gasteiger partial charge in [0.1, 0.15) is 11.1 Å². The molecule has 3 rings (SSSR count). The molecule has 1 fully saturated rings. The van der Waals surface area contributed by atoms with E-state index < -0.39 is 38.9 Å². The van der Waals surface area contributed by atoms with Crippen molar-refractivity contribution in [2.75, 3.05) is 13.7 Å². The monoisotopic (exact) mass is 418 g/mol. The number of nitrogens with zero attached hydrogens (tertiary/aromatic N) is 1. The number of rotatable bonds is 5. The number of hydroxylamine groups is 2. The fraction of sp³-hybridized carbons (Fsp3) is 0.333. The third-order valence-electron chi connectivity index (χ3n) is 4.51. The second kappa shape index (κ2) is 7.78. The van der Waals surface area contributed by atoms with Crippen LogP contribution >= 0.6 is 0 Å². The molecule has 0 bridgehead atoms. The van der Waals surface area contributed by atoms with E-state index in [1.165, 1.54) is 42.4 Å². The fourth-order valence-corrected chi connectivity index (χ4v) is 4.61. The zero-order chi connectivity index (χ0) is 20.5. The molecule has 0 spiro atoms. The minimum atomic E-state index is -4.54. The maximum Gasteiger partial charge on any atom is 0.416 e. The van der Waals surface area contributed by atoms with E-state index in [1.807, 2.05) is 0 Å². The Labute approximate surface area is 159 Å². The number of alkyl halides is 3. The highest BCUT2D eigenvalue weighted by Gasteiger charge is 2.43. The molecule has 1 aliphatic heterocycles. The first kappa shape index (κ1) is 20.7. The predicted molar refractivity (Wildman–Crippen MR) is 93.8 cm³/mol. The third kappa shape index (κ3) is 4.52. The van der Waals surface area contributed by atoms with Crippen LogP contribution in [0.5, 0.6) is 0 Å². The Kier molecular flexibility index (Phi) is 5.76. The van der Waals surface area contributed by atoms with Gasteiger partial charge in [-0.15, -0.1) is 0 Å². The Bertz CT molecular complexity index is 950. The Morgan fingerprint density at radius 3 is 2.57 bits per heavy atom. The molecular weight excluding hydrogens is 400 g/mol. The normalized spacial score (nSPS) is 21.2. The Morgan fingerprint density at radius 1 is 1.18 bits per heavy atom. The van der Waals surface area contributed by atoms with Gasteiger partial charge in [-0.3, -0.25) is 4.84 Å². The van der Waals surface area contributed by atoms with Gasteiger partial charge in [0, 0.05) is 13.6 Å². The van der Waals surface area contributed by atoms with E-state index >= 15 is 0 Å². The molecule has 0 radical (unpaired) electrons. The molecular formula is C18H18F4N2O3S. The van der Waals surface area contributed by atoms with Crippen LogP contribution in [0.25, 0.3) is 0 Å². The summed E-state index contributed by atoms with van der Waals surface area (Å²) in [5.74, 6) is -0.498. The molecule has 0 saturated carbocycles. The lowest BCUT2D eigenvalue weighted by Gasteiger charge is -2.24. The summed E-state index contributed by atoms with van der Waals surface area (Å²) in [5, 5.41) is 0.108. The number of hydrogen-bond acceptors (Lipinski definition) is 4. The van der Waals surface area contributed by atoms with Gasteiger partial charge in [0.2, 0.25) is 10.0 Å². The van der Waals surface area contributed by atoms with Gasteiger partial charge in [-0.05, 0) is 35.4 Å². The van der Waals surface area contributed by atoms with E-state index in [4.69, 9.17) is 4.84 Å². The summed E-state index contributed by atoms with van der Waals surface area (Å²) in [6.07, 6.45) is -4.54. The van der Waals surface area contributed by atoms with Crippen LogP contribution in [-0.2, 0) is 27.6 Å². The average molecular weight is 418 g/mol. The zero-order valence-corrected chi connectivity index (χ0v) is 15.6. The largest absolute Gasteiger partial charge is 0.416 e. The van der Waals surface area contributed by atoms with Gasteiger partial charge in [-0.2, -0.15) is 18.2 Å². The molecule has 5 nitrogen and oxygen atoms in total. The van der Waals surface area contributed by atoms with Crippen molar-refractivity contribution >= 4 is 10.0 Å². The van der Waals surface area contributed by atoms with E-state index in [0.29, 0.717) is 5.56 Å². The number of benzene rings is 2. The van der Waals surface area contributed by atoms with Crippen LogP contribution in [0, 0.1) is 5.82 Å². The van der Waals surface area contributed by atoms with Crippen molar-refractivity contribution < 1.29 is 30.8 Å². The van der Waals surface area contributed by atoms with Crippen molar-refractivity contribution in [3.63, 3.8) is 0 Å². The van der Waals surface area contributed by atoms with Crippen LogP contribution in [0.15, 0.2) is 48.5 Å². The first-order chi connectivity index (χ1) is 13.1. The lowest BCUT2D eigenvalue weighted by atomic mass is 10.0. The molecule has 2 aromatic carbocycles. The lowest BCUT2D eigenvalue weighted by Crippen LogP contribution is -2.39. The number of halogens is 4. The molecule has 0 amide bonds. The van der Waals surface area contributed by atoms with Crippen molar-refractivity contribution in [3.8, 4) is 0 Å². The molecule has 1 saturated heterocycles. The van der Waals surface area contributed by atoms with E-state index in [2.05, 4.69) is 4.72 Å². The smallest absolute Gasteiger partial charge is 0.297 e. The fourth-order valence-electron chi connectivity index (χ4n) is 3.12. The van der Waals surface area contributed by atoms with Crippen LogP contribution in [-0.4, -0.2) is 32.4 Å². The van der Waals surface area contributed by atoms with E-state index in [0.717, 1.165) is 12.1 Å². The molecule has 2 aromatic rings. The number of hydrogen-bond donors (Lipinski definition) is 1. The minimum Gasteiger partial charge on any atom is -0.297 e. The maximum absolute atomic E-state index is 13.3. The molecule has 2 atom stereocenters. The minimum absolute atomic E-state index is 0.143. The number of sulfonamides is 1. The lowest BCUT2D eigenvalue weighted by molar-refractivity contribution is -0.138. The summed E-state index contributed by atoms with van der Waals surface area (Å²) in [7, 11) is -2.50. The van der Waals surface area contributed by atoms with Crippen LogP contribution < -0.4 is 4.72 Å². The van der Waals surface area contributed by atoms with Crippen LogP contribution in [0.2, 0.25) is 0 Å². The Morgan fingerprint density at radius 2 is 1.89 bits per heavy atom. The van der Waals surface area contributed by atoms with E-state index in [1.54, 1.807) is 6.07 Å². The Hall–Kier alpha value is -2.01. The topological polar surface area (TPSA) is 58.6 Å². The number of nitrogens with one attached hydrogen (secondary N) is 1. The van der Waals surface area contributed by atoms with Gasteiger partial charge in [0.25, 0.3) is 0 Å². The van der Waals surface area contributed by atoms with Gasteiger partial charge in [-0.1, -0.05) is 24.3 Å². The highest BCUT2D eigenvalue weighted by molar-refractivity contribution is 7.90. The highest BCUT2D eigenvalue weighted by Crippen LogP contribution is 2.36. The molecule has 1 N–H and O–H groups in total. The standard InChI is InChI=1S/C18H18F4N2O3S/c1-24-17(13-5-3-6-14(9-13)18(20,21)22)16(11-27-24)28(25,26)23-10-12-4-2-7-15(19)8-12/h2-9,16-17,23H,10-11H2,1H3. The molecule has 28 heavy (non-hydrogen) atoms. The van der Waals surface area contributed by atoms with Crippen LogP contribution in [0.1, 0.15) is 22.7 Å². The quantitative estimate of drug-likeness (QED) is 0.758. The second-order valence-corrected chi connectivity index (χ2v) is 8.43. The zero-order valence-electron chi connectivity index (χ0n) is 14.8. The molecule has 152 valence electrons. The summed E-state index contributed by atoms with van der Waals surface area (Å²) in [5.41, 5.74) is -0.267. The highest BCUT2D eigenvalue weighted by atomic mass is 32.2. The van der Waals surface area contributed by atoms with Crippen LogP contribution in [0.3, 0.4) is 0 Å². The van der Waals surface area contributed by atoms with Crippen LogP contribution in [0.4, 0.5) is 17.6 Å². The van der Waals surface area contributed by atoms with Gasteiger partial charge in [0.15, 0.2) is 0 Å². The summed E-state index contributed by atoms with van der Waals surface area (Å²) >= 11 is 0. The van der Waals surface area contributed by atoms with Crippen molar-refractivity contribution in [2.45, 2.75) is 24.0 Å². The average Bonchev–Trinajstić information content (AvgIpc) is 3.02. The van der Waals surface area contributed by atoms with Gasteiger partial charge < -0.3 is 0 Å². The molecule has 1 aliphatic rings. The van der Waals surface area contributed by atoms with Crippen molar-refractivity contribution in [3.05, 3.63) is 71.0 Å². The van der Waals surface area contributed by atoms with Crippen molar-refractivity contribution in [1.29, 1.82) is 0 Å². The molecule has 0 aromatic heterocycles. The molecule has 1 heterocycles. The maximum atomic E-state index is 13.3. The van der Waals surface area contributed by atoms with E-state index in [-0.39, 0.29) is 18.7 Å². The van der Waals surface area contributed by atoms with Gasteiger partial charge in [-0.25, -0.2) is 17.5 Å². The van der Waals surface area contributed by atoms with Gasteiger partial charge >= 0.3 is 6.18 Å². The first-order valence-corrected chi connectivity index (χ1v) is 9.88. The van der Waals surface area contributed by atoms with Crippen molar-refractivity contribution in [1.82, 2.24) is 9.79 Å². The summed E-state index contributed by atoms with van der Waals surface area (Å²) in [6, 6.07) is 9.03.